The van der Waals surface area contributed by atoms with Crippen LogP contribution in [0.5, 0.6) is 0 Å². The smallest absolute Gasteiger partial charge is 0.0464 e. The number of benzene rings is 1. The fraction of sp³-hybridized carbons (Fsp3) is 0.455. The van der Waals surface area contributed by atoms with Gasteiger partial charge in [-0.3, -0.25) is 0 Å². The van der Waals surface area contributed by atoms with Crippen LogP contribution >= 0.6 is 34.2 Å². The van der Waals surface area contributed by atoms with E-state index in [9.17, 15) is 0 Å². The van der Waals surface area contributed by atoms with Gasteiger partial charge in [0, 0.05) is 20.2 Å². The average Bonchev–Trinajstić information content (AvgIpc) is 2.00. The minimum Gasteiger partial charge on any atom is -0.324 e. The Labute approximate surface area is 103 Å². The van der Waals surface area contributed by atoms with Crippen molar-refractivity contribution in [2.45, 2.75) is 25.3 Å². The number of nitrogens with two attached hydrogens (primary N) is 1. The van der Waals surface area contributed by atoms with E-state index in [1.165, 1.54) is 22.8 Å². The molecule has 2 N–H and O–H groups in total. The van der Waals surface area contributed by atoms with Crippen LogP contribution in [0.25, 0.3) is 0 Å². The molecule has 0 bridgehead atoms. The Bertz CT molecular complexity index is 316. The zero-order valence-electron chi connectivity index (χ0n) is 7.84. The Morgan fingerprint density at radius 1 is 1.43 bits per heavy atom. The summed E-state index contributed by atoms with van der Waals surface area (Å²) < 4.78 is 1.19. The van der Waals surface area contributed by atoms with E-state index in [1.807, 2.05) is 12.1 Å². The van der Waals surface area contributed by atoms with Gasteiger partial charge in [0.15, 0.2) is 0 Å². The maximum atomic E-state index is 6.21. The first-order valence-electron chi connectivity index (χ1n) is 4.89. The van der Waals surface area contributed by atoms with Crippen LogP contribution in [0.15, 0.2) is 18.2 Å². The van der Waals surface area contributed by atoms with Crippen LogP contribution in [-0.2, 0) is 0 Å². The van der Waals surface area contributed by atoms with E-state index in [4.69, 9.17) is 17.3 Å². The molecule has 0 aromatic heterocycles. The summed E-state index contributed by atoms with van der Waals surface area (Å²) >= 11 is 8.48. The molecule has 1 unspecified atom stereocenters. The molecule has 14 heavy (non-hydrogen) atoms. The highest BCUT2D eigenvalue weighted by Crippen LogP contribution is 2.39. The van der Waals surface area contributed by atoms with Crippen molar-refractivity contribution in [2.75, 3.05) is 0 Å². The average molecular weight is 322 g/mol. The molecule has 1 nitrogen and oxygen atoms in total. The third kappa shape index (κ3) is 1.92. The quantitative estimate of drug-likeness (QED) is 0.825. The summed E-state index contributed by atoms with van der Waals surface area (Å²) in [6, 6.07) is 6.10. The van der Waals surface area contributed by atoms with Crippen LogP contribution < -0.4 is 5.73 Å². The van der Waals surface area contributed by atoms with Crippen LogP contribution in [0.1, 0.15) is 30.9 Å². The van der Waals surface area contributed by atoms with Gasteiger partial charge in [0.2, 0.25) is 0 Å². The molecule has 1 fully saturated rings. The summed E-state index contributed by atoms with van der Waals surface area (Å²) in [6.45, 7) is 0. The predicted octanol–water partition coefficient (Wildman–Crippen LogP) is 3.74. The predicted molar refractivity (Wildman–Crippen MR) is 68.4 cm³/mol. The first kappa shape index (κ1) is 10.7. The van der Waals surface area contributed by atoms with Crippen molar-refractivity contribution in [1.82, 2.24) is 0 Å². The third-order valence-corrected chi connectivity index (χ3v) is 4.26. The summed E-state index contributed by atoms with van der Waals surface area (Å²) in [5.74, 6) is 0.642. The lowest BCUT2D eigenvalue weighted by molar-refractivity contribution is 0.264. The summed E-state index contributed by atoms with van der Waals surface area (Å²) in [6.07, 6.45) is 3.82. The highest BCUT2D eigenvalue weighted by Gasteiger charge is 2.27. The van der Waals surface area contributed by atoms with Crippen molar-refractivity contribution in [3.8, 4) is 0 Å². The Hall–Kier alpha value is 0.200. The Balaban J connectivity index is 2.29. The second kappa shape index (κ2) is 4.37. The van der Waals surface area contributed by atoms with Crippen molar-refractivity contribution >= 4 is 34.2 Å². The molecule has 0 saturated heterocycles. The molecular weight excluding hydrogens is 308 g/mol. The number of halogens is 2. The zero-order valence-corrected chi connectivity index (χ0v) is 10.8. The molecule has 0 spiro atoms. The molecule has 3 heteroatoms. The van der Waals surface area contributed by atoms with Gasteiger partial charge in [0.25, 0.3) is 0 Å². The van der Waals surface area contributed by atoms with Gasteiger partial charge in [0.05, 0.1) is 0 Å². The van der Waals surface area contributed by atoms with E-state index in [0.29, 0.717) is 5.92 Å². The highest BCUT2D eigenvalue weighted by molar-refractivity contribution is 14.1. The van der Waals surface area contributed by atoms with Gasteiger partial charge in [-0.25, -0.2) is 0 Å². The molecule has 1 saturated carbocycles. The van der Waals surface area contributed by atoms with Gasteiger partial charge < -0.3 is 5.73 Å². The largest absolute Gasteiger partial charge is 0.324 e. The summed E-state index contributed by atoms with van der Waals surface area (Å²) in [5.41, 5.74) is 7.35. The van der Waals surface area contributed by atoms with Crippen molar-refractivity contribution in [1.29, 1.82) is 0 Å². The molecular formula is C11H13ClIN. The first-order valence-corrected chi connectivity index (χ1v) is 6.35. The number of rotatable bonds is 2. The molecule has 0 heterocycles. The van der Waals surface area contributed by atoms with Gasteiger partial charge in [-0.2, -0.15) is 0 Å². The molecule has 1 aromatic carbocycles. The van der Waals surface area contributed by atoms with E-state index in [2.05, 4.69) is 28.7 Å². The minimum atomic E-state index is 0.129. The lowest BCUT2D eigenvalue weighted by Gasteiger charge is -2.32. The highest BCUT2D eigenvalue weighted by atomic mass is 127. The lowest BCUT2D eigenvalue weighted by Crippen LogP contribution is -2.27. The molecule has 0 radical (unpaired) electrons. The van der Waals surface area contributed by atoms with E-state index in [-0.39, 0.29) is 6.04 Å². The maximum Gasteiger partial charge on any atom is 0.0464 e. The fourth-order valence-electron chi connectivity index (χ4n) is 1.86. The number of hydrogen-bond acceptors (Lipinski definition) is 1. The number of hydrogen-bond donors (Lipinski definition) is 1. The molecule has 1 aromatic rings. The zero-order chi connectivity index (χ0) is 10.1. The minimum absolute atomic E-state index is 0.129. The summed E-state index contributed by atoms with van der Waals surface area (Å²) in [5, 5.41) is 0.816. The topological polar surface area (TPSA) is 26.0 Å². The van der Waals surface area contributed by atoms with E-state index in [0.717, 1.165) is 10.6 Å². The maximum absolute atomic E-state index is 6.21. The van der Waals surface area contributed by atoms with Gasteiger partial charge >= 0.3 is 0 Å². The van der Waals surface area contributed by atoms with Gasteiger partial charge in [-0.05, 0) is 53.5 Å². The van der Waals surface area contributed by atoms with Crippen molar-refractivity contribution < 1.29 is 0 Å². The standard InChI is InChI=1S/C11H13ClIN/c12-8-5-2-6-9(13)10(8)11(14)7-3-1-4-7/h2,5-7,11H,1,3-4,14H2. The van der Waals surface area contributed by atoms with Crippen LogP contribution in [0.4, 0.5) is 0 Å². The van der Waals surface area contributed by atoms with Gasteiger partial charge in [0.1, 0.15) is 0 Å². The van der Waals surface area contributed by atoms with Crippen LogP contribution in [-0.4, -0.2) is 0 Å². The Morgan fingerprint density at radius 2 is 2.14 bits per heavy atom. The second-order valence-electron chi connectivity index (χ2n) is 3.85. The molecule has 1 atom stereocenters. The molecule has 2 rings (SSSR count). The van der Waals surface area contributed by atoms with Crippen molar-refractivity contribution in [3.05, 3.63) is 32.4 Å². The van der Waals surface area contributed by atoms with Crippen LogP contribution in [0.3, 0.4) is 0 Å². The van der Waals surface area contributed by atoms with Gasteiger partial charge in [-0.1, -0.05) is 24.1 Å². The Kier molecular flexibility index (Phi) is 3.34. The van der Waals surface area contributed by atoms with E-state index < -0.39 is 0 Å². The van der Waals surface area contributed by atoms with Gasteiger partial charge in [-0.15, -0.1) is 0 Å². The molecule has 76 valence electrons. The van der Waals surface area contributed by atoms with E-state index in [1.54, 1.807) is 0 Å². The Morgan fingerprint density at radius 3 is 2.64 bits per heavy atom. The normalized spacial score (nSPS) is 19.1. The van der Waals surface area contributed by atoms with Crippen molar-refractivity contribution in [2.24, 2.45) is 11.7 Å². The lowest BCUT2D eigenvalue weighted by atomic mass is 9.77. The monoisotopic (exact) mass is 321 g/mol. The van der Waals surface area contributed by atoms with E-state index >= 15 is 0 Å². The fourth-order valence-corrected chi connectivity index (χ4v) is 3.18. The van der Waals surface area contributed by atoms with Crippen molar-refractivity contribution in [3.63, 3.8) is 0 Å². The van der Waals surface area contributed by atoms with Crippen LogP contribution in [0, 0.1) is 9.49 Å². The SMILES string of the molecule is NC(c1c(Cl)cccc1I)C1CCC1. The summed E-state index contributed by atoms with van der Waals surface area (Å²) in [4.78, 5) is 0. The summed E-state index contributed by atoms with van der Waals surface area (Å²) in [7, 11) is 0. The second-order valence-corrected chi connectivity index (χ2v) is 5.42. The molecule has 1 aliphatic rings. The molecule has 0 amide bonds. The molecule has 0 aliphatic heterocycles. The molecule has 1 aliphatic carbocycles. The van der Waals surface area contributed by atoms with Crippen LogP contribution in [0.2, 0.25) is 5.02 Å². The third-order valence-electron chi connectivity index (χ3n) is 2.99. The first-order chi connectivity index (χ1) is 6.70.